The lowest BCUT2D eigenvalue weighted by molar-refractivity contribution is -0.255. The maximum absolute atomic E-state index is 14.6. The van der Waals surface area contributed by atoms with Crippen LogP contribution in [0.25, 0.3) is 0 Å². The van der Waals surface area contributed by atoms with Gasteiger partial charge in [0.1, 0.15) is 48.0 Å². The number of nitrogens with zero attached hydrogens (tertiary/aromatic N) is 4. The first-order valence-corrected chi connectivity index (χ1v) is 22.9. The number of rotatable bonds is 14. The summed E-state index contributed by atoms with van der Waals surface area (Å²) < 4.78 is 70.2. The van der Waals surface area contributed by atoms with E-state index in [0.29, 0.717) is 37.1 Å². The molecule has 0 aliphatic carbocycles. The van der Waals surface area contributed by atoms with E-state index in [1.807, 2.05) is 14.0 Å². The van der Waals surface area contributed by atoms with Crippen LogP contribution in [0.1, 0.15) is 104 Å². The van der Waals surface area contributed by atoms with Gasteiger partial charge in [0.15, 0.2) is 16.1 Å². The molecule has 0 bridgehead atoms. The van der Waals surface area contributed by atoms with Gasteiger partial charge in [0.05, 0.1) is 34.5 Å². The molecule has 16 nitrogen and oxygen atoms in total. The molecule has 3 heterocycles. The van der Waals surface area contributed by atoms with Crippen LogP contribution in [-0.2, 0) is 54.3 Å². The van der Waals surface area contributed by atoms with Crippen LogP contribution in [-0.4, -0.2) is 145 Å². The second-order valence-electron chi connectivity index (χ2n) is 17.5. The molecule has 18 heteroatoms. The lowest BCUT2D eigenvalue weighted by atomic mass is 9.76. The molecule has 0 amide bonds. The Kier molecular flexibility index (Phi) is 17.3. The topological polar surface area (TPSA) is 206 Å². The lowest BCUT2D eigenvalue weighted by Gasteiger charge is -2.44. The molecule has 0 radical (unpaired) electrons. The molecule has 1 aromatic heterocycles. The predicted molar refractivity (Wildman–Crippen MR) is 222 cm³/mol. The molecule has 0 saturated carbocycles. The van der Waals surface area contributed by atoms with Crippen LogP contribution in [0, 0.1) is 17.8 Å². The van der Waals surface area contributed by atoms with Crippen LogP contribution in [0.4, 0.5) is 4.39 Å². The number of ether oxygens (including phenoxy) is 5. The number of carbonyl (C=O) groups excluding carboxylic acids is 3. The van der Waals surface area contributed by atoms with E-state index in [-0.39, 0.29) is 42.1 Å². The van der Waals surface area contributed by atoms with E-state index in [4.69, 9.17) is 23.7 Å². The van der Waals surface area contributed by atoms with Gasteiger partial charge in [-0.1, -0.05) is 38.1 Å². The Bertz CT molecular complexity index is 1900. The Labute approximate surface area is 359 Å². The van der Waals surface area contributed by atoms with E-state index in [1.54, 1.807) is 39.1 Å². The summed E-state index contributed by atoms with van der Waals surface area (Å²) in [7, 11) is 1.48. The highest BCUT2D eigenvalue weighted by Gasteiger charge is 2.49. The van der Waals surface area contributed by atoms with Gasteiger partial charge in [-0.25, -0.2) is 17.5 Å². The Morgan fingerprint density at radius 3 is 2.31 bits per heavy atom. The molecular formula is C43H67FN4O12S. The Morgan fingerprint density at radius 1 is 1.08 bits per heavy atom. The van der Waals surface area contributed by atoms with E-state index in [9.17, 15) is 37.4 Å². The summed E-state index contributed by atoms with van der Waals surface area (Å²) in [5.74, 6) is -4.63. The molecule has 2 N–H and O–H groups in total. The summed E-state index contributed by atoms with van der Waals surface area (Å²) in [6.45, 7) is 11.1. The number of sulfone groups is 1. The lowest BCUT2D eigenvalue weighted by Crippen LogP contribution is -2.56. The van der Waals surface area contributed by atoms with Crippen molar-refractivity contribution < 1.29 is 61.1 Å². The second-order valence-corrected chi connectivity index (χ2v) is 19.5. The third-order valence-corrected chi connectivity index (χ3v) is 13.9. The van der Waals surface area contributed by atoms with Gasteiger partial charge in [-0.15, -0.1) is 5.10 Å². The van der Waals surface area contributed by atoms with E-state index in [2.05, 4.69) is 15.2 Å². The minimum Gasteiger partial charge on any atom is -0.459 e. The summed E-state index contributed by atoms with van der Waals surface area (Å²) >= 11 is 0. The molecule has 0 unspecified atom stereocenters. The molecule has 2 aliphatic rings. The maximum Gasteiger partial charge on any atom is 0.316 e. The molecular weight excluding hydrogens is 816 g/mol. The van der Waals surface area contributed by atoms with Crippen molar-refractivity contribution in [1.82, 2.24) is 19.9 Å². The Morgan fingerprint density at radius 2 is 1.74 bits per heavy atom. The summed E-state index contributed by atoms with van der Waals surface area (Å²) in [5.41, 5.74) is -1.98. The highest BCUT2D eigenvalue weighted by Crippen LogP contribution is 2.37. The fourth-order valence-electron chi connectivity index (χ4n) is 8.59. The van der Waals surface area contributed by atoms with Crippen molar-refractivity contribution >= 4 is 27.4 Å². The third-order valence-electron chi connectivity index (χ3n) is 12.8. The monoisotopic (exact) mass is 882 g/mol. The molecule has 0 spiro atoms. The number of alkyl halides is 1. The number of aliphatic hydroxyl groups is 2. The van der Waals surface area contributed by atoms with Gasteiger partial charge in [-0.3, -0.25) is 14.4 Å². The average Bonchev–Trinajstić information content (AvgIpc) is 3.69. The largest absolute Gasteiger partial charge is 0.459 e. The summed E-state index contributed by atoms with van der Waals surface area (Å²) in [5, 5.41) is 31.1. The van der Waals surface area contributed by atoms with Crippen LogP contribution in [0.5, 0.6) is 0 Å². The van der Waals surface area contributed by atoms with Crippen LogP contribution >= 0.6 is 0 Å². The van der Waals surface area contributed by atoms with Crippen LogP contribution in [0.15, 0.2) is 35.4 Å². The van der Waals surface area contributed by atoms with E-state index >= 15 is 0 Å². The molecule has 2 aromatic rings. The average molecular weight is 883 g/mol. The van der Waals surface area contributed by atoms with Gasteiger partial charge < -0.3 is 38.8 Å². The van der Waals surface area contributed by atoms with Crippen LogP contribution < -0.4 is 0 Å². The zero-order valence-corrected chi connectivity index (χ0v) is 38.3. The first-order valence-electron chi connectivity index (χ1n) is 21.0. The number of benzene rings is 1. The number of likely N-dealkylation sites (N-methyl/N-ethyl adjacent to an activating group) is 1. The van der Waals surface area contributed by atoms with Crippen molar-refractivity contribution in [2.45, 2.75) is 152 Å². The van der Waals surface area contributed by atoms with Gasteiger partial charge >= 0.3 is 5.97 Å². The maximum atomic E-state index is 14.6. The van der Waals surface area contributed by atoms with Crippen LogP contribution in [0.2, 0.25) is 0 Å². The predicted octanol–water partition coefficient (Wildman–Crippen LogP) is 4.01. The van der Waals surface area contributed by atoms with Gasteiger partial charge in [0.2, 0.25) is 0 Å². The number of ketones is 2. The summed E-state index contributed by atoms with van der Waals surface area (Å²) in [6.07, 6.45) is -1.16. The molecule has 344 valence electrons. The molecule has 2 aliphatic heterocycles. The zero-order chi connectivity index (χ0) is 45.6. The van der Waals surface area contributed by atoms with Crippen molar-refractivity contribution in [3.05, 3.63) is 41.7 Å². The molecule has 4 rings (SSSR count). The van der Waals surface area contributed by atoms with Crippen molar-refractivity contribution in [3.63, 3.8) is 0 Å². The number of hydrogen-bond acceptors (Lipinski definition) is 15. The zero-order valence-electron chi connectivity index (χ0n) is 37.4. The first-order chi connectivity index (χ1) is 28.5. The number of esters is 1. The normalized spacial score (nSPS) is 33.6. The number of aliphatic hydroxyl groups excluding tert-OH is 1. The first kappa shape index (κ1) is 50.4. The fraction of sp³-hybridized carbons (Fsp3) is 0.744. The van der Waals surface area contributed by atoms with Gasteiger partial charge in [0, 0.05) is 70.4 Å². The molecule has 61 heavy (non-hydrogen) atoms. The number of methoxy groups -OCH3 is 2. The van der Waals surface area contributed by atoms with Crippen LogP contribution in [0.3, 0.4) is 0 Å². The highest BCUT2D eigenvalue weighted by atomic mass is 32.2. The Hall–Kier alpha value is -3.23. The standard InChI is InChI=1S/C43H67FN4O12S/c1-12-35-43(7,53)40(51)28(5)38(50)25(2)22-42(6,57-10)36(21-34(49)27(4)41(52)60-35)59-37-20-31(19-26(3)58-37)47(8)18-17-30-24-48(46-45-30)33(23-44)39(56-9)29-13-15-32(16-14-29)61(11,54)55/h13-16,24-28,31,33,35-37,39-40,51,53H,12,17-23H2,1-11H3/t25-,26-,27-,28+,31+,33-,35-,36-,37+,39-,40-,42-,43-/m1/s1. The second kappa shape index (κ2) is 21.0. The minimum absolute atomic E-state index is 0.0336. The minimum atomic E-state index is -3.41. The van der Waals surface area contributed by atoms with Gasteiger partial charge in [-0.2, -0.15) is 0 Å². The smallest absolute Gasteiger partial charge is 0.316 e. The highest BCUT2D eigenvalue weighted by molar-refractivity contribution is 7.90. The van der Waals surface area contributed by atoms with E-state index in [1.165, 1.54) is 51.8 Å². The Balaban J connectivity index is 1.50. The van der Waals surface area contributed by atoms with Crippen molar-refractivity contribution in [3.8, 4) is 0 Å². The fourth-order valence-corrected chi connectivity index (χ4v) is 9.22. The number of halogens is 1. The number of carbonyl (C=O) groups is 3. The molecule has 2 saturated heterocycles. The van der Waals surface area contributed by atoms with Gasteiger partial charge in [-0.05, 0) is 71.7 Å². The number of hydrogen-bond donors (Lipinski definition) is 2. The summed E-state index contributed by atoms with van der Waals surface area (Å²) in [4.78, 5) is 43.3. The van der Waals surface area contributed by atoms with Crippen molar-refractivity contribution in [2.75, 3.05) is 40.7 Å². The van der Waals surface area contributed by atoms with Crippen molar-refractivity contribution in [2.24, 2.45) is 17.8 Å². The SMILES string of the molecule is CC[C@H]1OC(=O)[C@H](C)C(=O)C[C@@H](O[C@H]2C[C@@H](N(C)CCc3cn([C@H](CF)[C@H](OC)c4ccc(S(C)(=O)=O)cc4)nn3)C[C@@H](C)O2)[C@](C)(OC)C[C@@H](C)C(=O)[C@H](C)[C@@H](O)[C@]1(C)O. The number of Topliss-reactive ketones (excluding diaryl/α,β-unsaturated/α-hetero) is 2. The number of aromatic nitrogens is 3. The summed E-state index contributed by atoms with van der Waals surface area (Å²) in [6, 6.07) is 5.24. The quantitative estimate of drug-likeness (QED) is 0.203. The van der Waals surface area contributed by atoms with Crippen molar-refractivity contribution in [1.29, 1.82) is 0 Å². The van der Waals surface area contributed by atoms with Gasteiger partial charge in [0.25, 0.3) is 0 Å². The number of cyclic esters (lactones) is 1. The van der Waals surface area contributed by atoms with E-state index in [0.717, 1.165) is 6.26 Å². The molecule has 2 fully saturated rings. The molecule has 1 aromatic carbocycles. The van der Waals surface area contributed by atoms with E-state index < -0.39 is 94.0 Å². The third kappa shape index (κ3) is 12.1. The molecule has 13 atom stereocenters.